The molecule has 0 aliphatic heterocycles. The van der Waals surface area contributed by atoms with Crippen LogP contribution in [0, 0.1) is 12.8 Å². The van der Waals surface area contributed by atoms with Crippen molar-refractivity contribution < 1.29 is 5.11 Å². The monoisotopic (exact) mass is 289 g/mol. The van der Waals surface area contributed by atoms with Crippen molar-refractivity contribution in [1.82, 2.24) is 4.57 Å². The first-order valence-corrected chi connectivity index (χ1v) is 6.96. The molecule has 5 heteroatoms. The van der Waals surface area contributed by atoms with Crippen molar-refractivity contribution in [3.05, 3.63) is 35.4 Å². The lowest BCUT2D eigenvalue weighted by Gasteiger charge is -2.09. The molecule has 0 spiro atoms. The van der Waals surface area contributed by atoms with Crippen LogP contribution >= 0.6 is 12.6 Å². The van der Waals surface area contributed by atoms with Crippen LogP contribution in [0.1, 0.15) is 19.4 Å². The Labute approximate surface area is 124 Å². The van der Waals surface area contributed by atoms with Gasteiger partial charge in [-0.05, 0) is 25.0 Å². The number of hydrogen-bond donors (Lipinski definition) is 2. The summed E-state index contributed by atoms with van der Waals surface area (Å²) in [4.78, 5) is 0. The molecule has 0 amide bonds. The molecular formula is C15H19N3OS. The molecule has 1 aromatic heterocycles. The van der Waals surface area contributed by atoms with Crippen LogP contribution in [-0.4, -0.2) is 9.67 Å². The van der Waals surface area contributed by atoms with Crippen molar-refractivity contribution in [1.29, 1.82) is 0 Å². The molecule has 0 radical (unpaired) electrons. The zero-order valence-electron chi connectivity index (χ0n) is 12.0. The number of azo groups is 1. The second kappa shape index (κ2) is 5.71. The van der Waals surface area contributed by atoms with E-state index in [1.54, 1.807) is 0 Å². The molecule has 20 heavy (non-hydrogen) atoms. The van der Waals surface area contributed by atoms with Gasteiger partial charge < -0.3 is 9.67 Å². The molecule has 4 nitrogen and oxygen atoms in total. The summed E-state index contributed by atoms with van der Waals surface area (Å²) in [5.74, 6) is 0.556. The van der Waals surface area contributed by atoms with E-state index in [1.165, 1.54) is 0 Å². The maximum Gasteiger partial charge on any atom is 0.220 e. The van der Waals surface area contributed by atoms with Crippen LogP contribution in [0.5, 0.6) is 5.88 Å². The van der Waals surface area contributed by atoms with E-state index in [0.717, 1.165) is 23.0 Å². The summed E-state index contributed by atoms with van der Waals surface area (Å²) in [6, 6.07) is 6.03. The molecule has 0 fully saturated rings. The predicted molar refractivity (Wildman–Crippen MR) is 85.8 cm³/mol. The minimum Gasteiger partial charge on any atom is -0.493 e. The third-order valence-corrected chi connectivity index (χ3v) is 3.07. The Morgan fingerprint density at radius 2 is 2.15 bits per heavy atom. The standard InChI is InChI=1S/C15H19N3OS/c1-9(2)8-18-13-6-5-10(3)7-12(13)14(15(18)19)17-16-11(4)20/h5-7,9,19-20H,4,8H2,1-3H3. The van der Waals surface area contributed by atoms with Gasteiger partial charge in [0.2, 0.25) is 5.88 Å². The summed E-state index contributed by atoms with van der Waals surface area (Å²) in [5, 5.41) is 19.5. The van der Waals surface area contributed by atoms with Crippen molar-refractivity contribution in [3.8, 4) is 5.88 Å². The zero-order valence-corrected chi connectivity index (χ0v) is 12.9. The van der Waals surface area contributed by atoms with Crippen molar-refractivity contribution >= 4 is 29.2 Å². The van der Waals surface area contributed by atoms with E-state index < -0.39 is 0 Å². The molecule has 2 rings (SSSR count). The number of nitrogens with zero attached hydrogens (tertiary/aromatic N) is 3. The van der Waals surface area contributed by atoms with Gasteiger partial charge in [0.25, 0.3) is 0 Å². The smallest absolute Gasteiger partial charge is 0.220 e. The SMILES string of the molecule is C=C(S)N=Nc1c(O)n(CC(C)C)c2ccc(C)cc12. The van der Waals surface area contributed by atoms with E-state index in [-0.39, 0.29) is 5.88 Å². The second-order valence-electron chi connectivity index (χ2n) is 5.31. The van der Waals surface area contributed by atoms with Gasteiger partial charge in [0.05, 0.1) is 5.52 Å². The Kier molecular flexibility index (Phi) is 4.18. The quantitative estimate of drug-likeness (QED) is 0.616. The molecule has 106 valence electrons. The van der Waals surface area contributed by atoms with E-state index >= 15 is 0 Å². The van der Waals surface area contributed by atoms with Gasteiger partial charge in [0, 0.05) is 11.9 Å². The maximum absolute atomic E-state index is 10.4. The number of aromatic hydroxyl groups is 1. The molecule has 1 aromatic carbocycles. The van der Waals surface area contributed by atoms with Gasteiger partial charge in [0.1, 0.15) is 5.03 Å². The Balaban J connectivity index is 2.68. The van der Waals surface area contributed by atoms with E-state index in [2.05, 4.69) is 43.3 Å². The molecule has 0 aliphatic rings. The van der Waals surface area contributed by atoms with Gasteiger partial charge in [-0.3, -0.25) is 0 Å². The number of aryl methyl sites for hydroxylation is 1. The van der Waals surface area contributed by atoms with E-state index in [9.17, 15) is 5.11 Å². The first kappa shape index (κ1) is 14.7. The molecule has 2 aromatic rings. The van der Waals surface area contributed by atoms with Gasteiger partial charge >= 0.3 is 0 Å². The van der Waals surface area contributed by atoms with Crippen molar-refractivity contribution in [2.24, 2.45) is 16.1 Å². The molecule has 1 N–H and O–H groups in total. The highest BCUT2D eigenvalue weighted by Crippen LogP contribution is 2.40. The average Bonchev–Trinajstić information content (AvgIpc) is 2.59. The third kappa shape index (κ3) is 2.88. The highest BCUT2D eigenvalue weighted by atomic mass is 32.1. The number of thiol groups is 1. The summed E-state index contributed by atoms with van der Waals surface area (Å²) in [7, 11) is 0. The highest BCUT2D eigenvalue weighted by molar-refractivity contribution is 7.84. The van der Waals surface area contributed by atoms with Crippen LogP contribution in [0.3, 0.4) is 0 Å². The van der Waals surface area contributed by atoms with Gasteiger partial charge in [-0.2, -0.15) is 0 Å². The highest BCUT2D eigenvalue weighted by Gasteiger charge is 2.17. The van der Waals surface area contributed by atoms with Crippen molar-refractivity contribution in [3.63, 3.8) is 0 Å². The minimum atomic E-state index is 0.137. The molecule has 0 unspecified atom stereocenters. The fraction of sp³-hybridized carbons (Fsp3) is 0.333. The van der Waals surface area contributed by atoms with Crippen LogP contribution in [0.4, 0.5) is 5.69 Å². The van der Waals surface area contributed by atoms with E-state index in [4.69, 9.17) is 0 Å². The normalized spacial score (nSPS) is 11.8. The number of aromatic nitrogens is 1. The van der Waals surface area contributed by atoms with Crippen LogP contribution in [-0.2, 0) is 6.54 Å². The lowest BCUT2D eigenvalue weighted by molar-refractivity contribution is 0.401. The van der Waals surface area contributed by atoms with E-state index in [1.807, 2.05) is 29.7 Å². The number of benzene rings is 1. The molecule has 0 bridgehead atoms. The average molecular weight is 289 g/mol. The van der Waals surface area contributed by atoms with Crippen LogP contribution in [0.2, 0.25) is 0 Å². The largest absolute Gasteiger partial charge is 0.493 e. The van der Waals surface area contributed by atoms with Gasteiger partial charge in [-0.1, -0.05) is 32.1 Å². The Morgan fingerprint density at radius 1 is 1.45 bits per heavy atom. The molecule has 1 heterocycles. The maximum atomic E-state index is 10.4. The Bertz CT molecular complexity index is 686. The summed E-state index contributed by atoms with van der Waals surface area (Å²) < 4.78 is 1.87. The lowest BCUT2D eigenvalue weighted by atomic mass is 10.1. The first-order valence-electron chi connectivity index (χ1n) is 6.51. The van der Waals surface area contributed by atoms with Gasteiger partial charge in [-0.25, -0.2) is 0 Å². The van der Waals surface area contributed by atoms with E-state index in [0.29, 0.717) is 16.6 Å². The molecule has 0 aliphatic carbocycles. The second-order valence-corrected chi connectivity index (χ2v) is 5.83. The van der Waals surface area contributed by atoms with Crippen molar-refractivity contribution in [2.75, 3.05) is 0 Å². The molecule has 0 atom stereocenters. The van der Waals surface area contributed by atoms with Crippen LogP contribution in [0.15, 0.2) is 40.0 Å². The Hall–Kier alpha value is -1.75. The summed E-state index contributed by atoms with van der Waals surface area (Å²) in [6.07, 6.45) is 0. The van der Waals surface area contributed by atoms with Crippen molar-refractivity contribution in [2.45, 2.75) is 27.3 Å². The predicted octanol–water partition coefficient (Wildman–Crippen LogP) is 4.80. The molecular weight excluding hydrogens is 270 g/mol. The van der Waals surface area contributed by atoms with Gasteiger partial charge in [-0.15, -0.1) is 22.9 Å². The summed E-state index contributed by atoms with van der Waals surface area (Å²) in [6.45, 7) is 10.5. The van der Waals surface area contributed by atoms with Crippen LogP contribution in [0.25, 0.3) is 10.9 Å². The van der Waals surface area contributed by atoms with Gasteiger partial charge in [0.15, 0.2) is 5.69 Å². The summed E-state index contributed by atoms with van der Waals surface area (Å²) >= 11 is 4.00. The topological polar surface area (TPSA) is 49.9 Å². The molecule has 0 saturated carbocycles. The minimum absolute atomic E-state index is 0.137. The van der Waals surface area contributed by atoms with Crippen LogP contribution < -0.4 is 0 Å². The Morgan fingerprint density at radius 3 is 2.75 bits per heavy atom. The fourth-order valence-corrected chi connectivity index (χ4v) is 2.24. The number of fused-ring (bicyclic) bond motifs is 1. The fourth-order valence-electron chi connectivity index (χ4n) is 2.19. The zero-order chi connectivity index (χ0) is 14.9. The molecule has 0 saturated heterocycles. The third-order valence-electron chi connectivity index (χ3n) is 2.98. The lowest BCUT2D eigenvalue weighted by Crippen LogP contribution is -2.03. The summed E-state index contributed by atoms with van der Waals surface area (Å²) in [5.41, 5.74) is 2.54. The number of hydrogen-bond acceptors (Lipinski definition) is 4. The first-order chi connectivity index (χ1) is 9.40. The number of rotatable bonds is 4.